The van der Waals surface area contributed by atoms with Crippen LogP contribution in [0.25, 0.3) is 5.78 Å². The zero-order chi connectivity index (χ0) is 18.8. The van der Waals surface area contributed by atoms with Gasteiger partial charge in [-0.25, -0.2) is 9.50 Å². The van der Waals surface area contributed by atoms with Gasteiger partial charge in [-0.15, -0.1) is 0 Å². The number of aryl methyl sites for hydroxylation is 3. The zero-order valence-electron chi connectivity index (χ0n) is 14.8. The molecule has 3 rings (SSSR count). The lowest BCUT2D eigenvalue weighted by atomic mass is 10.1. The van der Waals surface area contributed by atoms with Crippen molar-refractivity contribution < 1.29 is 18.8 Å². The average Bonchev–Trinajstić information content (AvgIpc) is 3.20. The van der Waals surface area contributed by atoms with Gasteiger partial charge in [0, 0.05) is 23.0 Å². The molecule has 10 nitrogen and oxygen atoms in total. The average molecular weight is 358 g/mol. The maximum Gasteiger partial charge on any atom is 0.311 e. The molecular weight excluding hydrogens is 340 g/mol. The Labute approximate surface area is 148 Å². The Balaban J connectivity index is 1.66. The first-order chi connectivity index (χ1) is 12.3. The summed E-state index contributed by atoms with van der Waals surface area (Å²) in [5.41, 5.74) is 2.10. The summed E-state index contributed by atoms with van der Waals surface area (Å²) in [7, 11) is 0. The van der Waals surface area contributed by atoms with Crippen LogP contribution in [0.5, 0.6) is 0 Å². The van der Waals surface area contributed by atoms with Crippen LogP contribution in [0.2, 0.25) is 0 Å². The first-order valence-electron chi connectivity index (χ1n) is 7.94. The molecule has 1 atom stereocenters. The van der Waals surface area contributed by atoms with Crippen molar-refractivity contribution in [2.45, 2.75) is 40.2 Å². The molecule has 3 aromatic rings. The van der Waals surface area contributed by atoms with E-state index in [2.05, 4.69) is 25.5 Å². The molecule has 0 unspecified atom stereocenters. The number of nitrogens with zero attached hydrogens (tertiary/aromatic N) is 5. The van der Waals surface area contributed by atoms with Crippen LogP contribution in [-0.4, -0.2) is 42.7 Å². The molecule has 0 fully saturated rings. The SMILES string of the molecule is Cc1cc(NC(=O)[C@@H](C)OC(=O)Cc2c(C)nc3ncnn3c2C)no1. The maximum atomic E-state index is 12.3. The lowest BCUT2D eigenvalue weighted by Crippen LogP contribution is -2.30. The van der Waals surface area contributed by atoms with E-state index in [1.54, 1.807) is 24.4 Å². The summed E-state index contributed by atoms with van der Waals surface area (Å²) in [6.45, 7) is 6.80. The predicted molar refractivity (Wildman–Crippen MR) is 89.4 cm³/mol. The number of anilines is 1. The number of hydrogen-bond donors (Lipinski definition) is 1. The molecule has 0 saturated heterocycles. The maximum absolute atomic E-state index is 12.3. The zero-order valence-corrected chi connectivity index (χ0v) is 14.8. The van der Waals surface area contributed by atoms with Crippen LogP contribution in [0, 0.1) is 20.8 Å². The summed E-state index contributed by atoms with van der Waals surface area (Å²) in [5.74, 6) is 0.254. The van der Waals surface area contributed by atoms with Gasteiger partial charge in [-0.1, -0.05) is 5.16 Å². The van der Waals surface area contributed by atoms with Crippen LogP contribution in [0.1, 0.15) is 29.6 Å². The Bertz CT molecular complexity index is 976. The second kappa shape index (κ2) is 6.90. The lowest BCUT2D eigenvalue weighted by molar-refractivity contribution is -0.152. The number of rotatable bonds is 5. The molecule has 0 saturated carbocycles. The molecule has 26 heavy (non-hydrogen) atoms. The molecule has 0 radical (unpaired) electrons. The van der Waals surface area contributed by atoms with Gasteiger partial charge in [0.15, 0.2) is 11.9 Å². The monoisotopic (exact) mass is 358 g/mol. The minimum atomic E-state index is -0.983. The fourth-order valence-electron chi connectivity index (χ4n) is 2.50. The van der Waals surface area contributed by atoms with Crippen LogP contribution in [0.15, 0.2) is 16.9 Å². The number of amides is 1. The third kappa shape index (κ3) is 3.53. The summed E-state index contributed by atoms with van der Waals surface area (Å²) in [6.07, 6.45) is 0.388. The Morgan fingerprint density at radius 3 is 2.81 bits per heavy atom. The van der Waals surface area contributed by atoms with Gasteiger partial charge in [-0.05, 0) is 27.7 Å². The standard InChI is InChI=1S/C16H18N6O4/c1-8-5-13(21-26-8)20-15(24)11(4)25-14(23)6-12-9(2)19-16-17-7-18-22(16)10(12)3/h5,7,11H,6H2,1-4H3,(H,20,21,24)/t11-/m1/s1. The molecule has 3 aromatic heterocycles. The third-order valence-electron chi connectivity index (χ3n) is 3.87. The topological polar surface area (TPSA) is 125 Å². The fourth-order valence-corrected chi connectivity index (χ4v) is 2.50. The molecule has 1 amide bonds. The van der Waals surface area contributed by atoms with Crippen molar-refractivity contribution in [3.8, 4) is 0 Å². The minimum absolute atomic E-state index is 0.0266. The van der Waals surface area contributed by atoms with Crippen LogP contribution < -0.4 is 5.32 Å². The summed E-state index contributed by atoms with van der Waals surface area (Å²) in [5, 5.41) is 10.3. The smallest absolute Gasteiger partial charge is 0.311 e. The molecule has 0 aliphatic carbocycles. The summed E-state index contributed by atoms with van der Waals surface area (Å²) >= 11 is 0. The van der Waals surface area contributed by atoms with Gasteiger partial charge in [0.2, 0.25) is 0 Å². The van der Waals surface area contributed by atoms with Gasteiger partial charge in [0.25, 0.3) is 11.7 Å². The van der Waals surface area contributed by atoms with Crippen molar-refractivity contribution in [1.82, 2.24) is 24.7 Å². The highest BCUT2D eigenvalue weighted by atomic mass is 16.5. The second-order valence-electron chi connectivity index (χ2n) is 5.85. The van der Waals surface area contributed by atoms with Gasteiger partial charge >= 0.3 is 5.97 Å². The first kappa shape index (κ1) is 17.5. The van der Waals surface area contributed by atoms with Crippen molar-refractivity contribution in [3.05, 3.63) is 35.1 Å². The normalized spacial score (nSPS) is 12.2. The molecule has 0 bridgehead atoms. The molecule has 0 aliphatic heterocycles. The number of aromatic nitrogens is 5. The number of nitrogens with one attached hydrogen (secondary N) is 1. The predicted octanol–water partition coefficient (Wildman–Crippen LogP) is 1.15. The molecular formula is C16H18N6O4. The Morgan fingerprint density at radius 2 is 2.12 bits per heavy atom. The molecule has 1 N–H and O–H groups in total. The molecule has 3 heterocycles. The van der Waals surface area contributed by atoms with E-state index in [-0.39, 0.29) is 12.2 Å². The number of carbonyl (C=O) groups is 2. The molecule has 0 aliphatic rings. The van der Waals surface area contributed by atoms with E-state index < -0.39 is 18.0 Å². The van der Waals surface area contributed by atoms with E-state index in [1.165, 1.54) is 13.3 Å². The van der Waals surface area contributed by atoms with Crippen molar-refractivity contribution in [3.63, 3.8) is 0 Å². The van der Waals surface area contributed by atoms with E-state index in [4.69, 9.17) is 9.26 Å². The van der Waals surface area contributed by atoms with Crippen LogP contribution in [0.3, 0.4) is 0 Å². The van der Waals surface area contributed by atoms with Crippen molar-refractivity contribution in [1.29, 1.82) is 0 Å². The highest BCUT2D eigenvalue weighted by Gasteiger charge is 2.21. The van der Waals surface area contributed by atoms with E-state index in [1.807, 2.05) is 6.92 Å². The quantitative estimate of drug-likeness (QED) is 0.674. The van der Waals surface area contributed by atoms with E-state index in [0.717, 1.165) is 5.69 Å². The summed E-state index contributed by atoms with van der Waals surface area (Å²) in [4.78, 5) is 32.7. The van der Waals surface area contributed by atoms with Crippen molar-refractivity contribution >= 4 is 23.5 Å². The van der Waals surface area contributed by atoms with Crippen molar-refractivity contribution in [2.24, 2.45) is 0 Å². The van der Waals surface area contributed by atoms with Crippen LogP contribution >= 0.6 is 0 Å². The largest absolute Gasteiger partial charge is 0.452 e. The van der Waals surface area contributed by atoms with Gasteiger partial charge in [-0.3, -0.25) is 9.59 Å². The number of hydrogen-bond acceptors (Lipinski definition) is 8. The molecule has 136 valence electrons. The Hall–Kier alpha value is -3.30. The molecule has 10 heteroatoms. The van der Waals surface area contributed by atoms with Gasteiger partial charge in [-0.2, -0.15) is 10.1 Å². The Kier molecular flexibility index (Phi) is 4.65. The van der Waals surface area contributed by atoms with Crippen LogP contribution in [-0.2, 0) is 20.7 Å². The highest BCUT2D eigenvalue weighted by molar-refractivity contribution is 5.94. The van der Waals surface area contributed by atoms with Gasteiger partial charge in [0.05, 0.1) is 6.42 Å². The second-order valence-corrected chi connectivity index (χ2v) is 5.85. The van der Waals surface area contributed by atoms with E-state index >= 15 is 0 Å². The third-order valence-corrected chi connectivity index (χ3v) is 3.87. The highest BCUT2D eigenvalue weighted by Crippen LogP contribution is 2.15. The number of ether oxygens (including phenoxy) is 1. The summed E-state index contributed by atoms with van der Waals surface area (Å²) < 4.78 is 11.6. The first-order valence-corrected chi connectivity index (χ1v) is 7.94. The number of fused-ring (bicyclic) bond motifs is 1. The Morgan fingerprint density at radius 1 is 1.35 bits per heavy atom. The minimum Gasteiger partial charge on any atom is -0.452 e. The van der Waals surface area contributed by atoms with E-state index in [0.29, 0.717) is 22.8 Å². The fraction of sp³-hybridized carbons (Fsp3) is 0.375. The number of carbonyl (C=O) groups excluding carboxylic acids is 2. The molecule has 0 spiro atoms. The van der Waals surface area contributed by atoms with Gasteiger partial charge < -0.3 is 14.6 Å². The number of esters is 1. The summed E-state index contributed by atoms with van der Waals surface area (Å²) in [6, 6.07) is 1.57. The lowest BCUT2D eigenvalue weighted by Gasteiger charge is -2.14. The van der Waals surface area contributed by atoms with Gasteiger partial charge in [0.1, 0.15) is 12.1 Å². The van der Waals surface area contributed by atoms with Crippen molar-refractivity contribution in [2.75, 3.05) is 5.32 Å². The molecule has 0 aromatic carbocycles. The van der Waals surface area contributed by atoms with E-state index in [9.17, 15) is 9.59 Å². The van der Waals surface area contributed by atoms with Crippen LogP contribution in [0.4, 0.5) is 5.82 Å².